The highest BCUT2D eigenvalue weighted by Gasteiger charge is 2.24. The second kappa shape index (κ2) is 5.30. The molecule has 0 rings (SSSR count). The van der Waals surface area contributed by atoms with E-state index >= 15 is 0 Å². The minimum atomic E-state index is -0.847. The average molecular weight is 174 g/mol. The Morgan fingerprint density at radius 2 is 1.58 bits per heavy atom. The molecule has 3 nitrogen and oxygen atoms in total. The van der Waals surface area contributed by atoms with Crippen molar-refractivity contribution in [3.05, 3.63) is 11.6 Å². The Morgan fingerprint density at radius 1 is 1.17 bits per heavy atom. The minimum Gasteiger partial charge on any atom is -0.395 e. The van der Waals surface area contributed by atoms with Gasteiger partial charge < -0.3 is 15.3 Å². The van der Waals surface area contributed by atoms with Crippen LogP contribution in [0.15, 0.2) is 11.6 Å². The molecule has 3 heteroatoms. The number of aliphatic hydroxyl groups excluding tert-OH is 3. The summed E-state index contributed by atoms with van der Waals surface area (Å²) in [5, 5.41) is 26.9. The van der Waals surface area contributed by atoms with E-state index in [2.05, 4.69) is 0 Å². The fraction of sp³-hybridized carbons (Fsp3) is 0.778. The van der Waals surface area contributed by atoms with E-state index in [1.807, 2.05) is 13.8 Å². The molecule has 72 valence electrons. The molecule has 0 heterocycles. The maximum Gasteiger partial charge on any atom is 0.0578 e. The summed E-state index contributed by atoms with van der Waals surface area (Å²) in [6.45, 7) is 3.23. The van der Waals surface area contributed by atoms with Crippen LogP contribution in [0, 0.1) is 5.41 Å². The standard InChI is InChI=1S/C9H18O3/c1-3-8(2)4-9(5-10,6-11)7-12/h4,10-12H,3,5-7H2,1-2H3. The molecule has 0 aromatic heterocycles. The van der Waals surface area contributed by atoms with E-state index in [9.17, 15) is 0 Å². The third kappa shape index (κ3) is 2.93. The molecule has 0 spiro atoms. The molecule has 0 aromatic rings. The third-order valence-corrected chi connectivity index (χ3v) is 2.05. The van der Waals surface area contributed by atoms with Crippen molar-refractivity contribution < 1.29 is 15.3 Å². The molecule has 0 bridgehead atoms. The summed E-state index contributed by atoms with van der Waals surface area (Å²) in [4.78, 5) is 0. The van der Waals surface area contributed by atoms with Crippen LogP contribution in [0.4, 0.5) is 0 Å². The molecule has 0 radical (unpaired) electrons. The van der Waals surface area contributed by atoms with Gasteiger partial charge in [-0.15, -0.1) is 0 Å². The molecule has 0 aromatic carbocycles. The average Bonchev–Trinajstić information content (AvgIpc) is 2.14. The van der Waals surface area contributed by atoms with Gasteiger partial charge in [-0.3, -0.25) is 0 Å². The summed E-state index contributed by atoms with van der Waals surface area (Å²) in [6, 6.07) is 0. The Labute approximate surface area is 73.4 Å². The van der Waals surface area contributed by atoms with Crippen LogP contribution in [0.2, 0.25) is 0 Å². The van der Waals surface area contributed by atoms with Crippen LogP contribution in [0.3, 0.4) is 0 Å². The molecular weight excluding hydrogens is 156 g/mol. The lowest BCUT2D eigenvalue weighted by molar-refractivity contribution is 0.0412. The largest absolute Gasteiger partial charge is 0.395 e. The third-order valence-electron chi connectivity index (χ3n) is 2.05. The SMILES string of the molecule is CCC(C)=CC(CO)(CO)CO. The van der Waals surface area contributed by atoms with Gasteiger partial charge in [0.15, 0.2) is 0 Å². The number of allylic oxidation sites excluding steroid dienone is 1. The van der Waals surface area contributed by atoms with Crippen LogP contribution in [0.1, 0.15) is 20.3 Å². The molecule has 0 unspecified atom stereocenters. The highest BCUT2D eigenvalue weighted by molar-refractivity contribution is 5.07. The first-order valence-corrected chi connectivity index (χ1v) is 4.15. The normalized spacial score (nSPS) is 13.6. The molecule has 0 aliphatic rings. The summed E-state index contributed by atoms with van der Waals surface area (Å²) in [5.74, 6) is 0. The van der Waals surface area contributed by atoms with Crippen molar-refractivity contribution in [2.45, 2.75) is 20.3 Å². The van der Waals surface area contributed by atoms with Gasteiger partial charge in [0.2, 0.25) is 0 Å². The van der Waals surface area contributed by atoms with Crippen LogP contribution in [-0.2, 0) is 0 Å². The van der Waals surface area contributed by atoms with Crippen molar-refractivity contribution in [1.29, 1.82) is 0 Å². The molecule has 0 atom stereocenters. The lowest BCUT2D eigenvalue weighted by atomic mass is 9.88. The number of aliphatic hydroxyl groups is 3. The zero-order valence-electron chi connectivity index (χ0n) is 7.75. The molecule has 3 N–H and O–H groups in total. The van der Waals surface area contributed by atoms with Crippen molar-refractivity contribution in [2.75, 3.05) is 19.8 Å². The quantitative estimate of drug-likeness (QED) is 0.525. The smallest absolute Gasteiger partial charge is 0.0578 e. The number of hydrogen-bond donors (Lipinski definition) is 3. The van der Waals surface area contributed by atoms with Crippen molar-refractivity contribution in [2.24, 2.45) is 5.41 Å². The molecular formula is C9H18O3. The van der Waals surface area contributed by atoms with Gasteiger partial charge in [-0.25, -0.2) is 0 Å². The number of hydrogen-bond acceptors (Lipinski definition) is 3. The van der Waals surface area contributed by atoms with Gasteiger partial charge in [0.05, 0.1) is 25.2 Å². The van der Waals surface area contributed by atoms with E-state index < -0.39 is 5.41 Å². The first-order chi connectivity index (χ1) is 5.64. The van der Waals surface area contributed by atoms with Crippen LogP contribution in [0.25, 0.3) is 0 Å². The Hall–Kier alpha value is -0.380. The van der Waals surface area contributed by atoms with Gasteiger partial charge >= 0.3 is 0 Å². The van der Waals surface area contributed by atoms with E-state index in [0.717, 1.165) is 12.0 Å². The van der Waals surface area contributed by atoms with E-state index in [4.69, 9.17) is 15.3 Å². The van der Waals surface area contributed by atoms with Gasteiger partial charge in [-0.05, 0) is 13.3 Å². The summed E-state index contributed by atoms with van der Waals surface area (Å²) in [5.41, 5.74) is 0.215. The fourth-order valence-corrected chi connectivity index (χ4v) is 0.912. The lowest BCUT2D eigenvalue weighted by Gasteiger charge is -2.24. The second-order valence-electron chi connectivity index (χ2n) is 3.18. The molecule has 0 fully saturated rings. The molecule has 0 amide bonds. The summed E-state index contributed by atoms with van der Waals surface area (Å²) in [6.07, 6.45) is 2.61. The predicted molar refractivity (Wildman–Crippen MR) is 47.7 cm³/mol. The van der Waals surface area contributed by atoms with Crippen molar-refractivity contribution in [3.63, 3.8) is 0 Å². The Bertz CT molecular complexity index is 140. The minimum absolute atomic E-state index is 0.225. The molecule has 0 aliphatic heterocycles. The molecule has 0 aliphatic carbocycles. The topological polar surface area (TPSA) is 60.7 Å². The highest BCUT2D eigenvalue weighted by Crippen LogP contribution is 2.19. The van der Waals surface area contributed by atoms with Crippen LogP contribution in [-0.4, -0.2) is 35.1 Å². The van der Waals surface area contributed by atoms with Gasteiger partial charge in [-0.2, -0.15) is 0 Å². The first kappa shape index (κ1) is 11.6. The first-order valence-electron chi connectivity index (χ1n) is 4.15. The van der Waals surface area contributed by atoms with E-state index in [-0.39, 0.29) is 19.8 Å². The van der Waals surface area contributed by atoms with Crippen LogP contribution < -0.4 is 0 Å². The maximum absolute atomic E-state index is 8.96. The summed E-state index contributed by atoms with van der Waals surface area (Å²) in [7, 11) is 0. The van der Waals surface area contributed by atoms with Crippen LogP contribution in [0.5, 0.6) is 0 Å². The van der Waals surface area contributed by atoms with Gasteiger partial charge in [0.25, 0.3) is 0 Å². The predicted octanol–water partition coefficient (Wildman–Crippen LogP) is 0.306. The Balaban J connectivity index is 4.49. The van der Waals surface area contributed by atoms with Crippen LogP contribution >= 0.6 is 0 Å². The monoisotopic (exact) mass is 174 g/mol. The van der Waals surface area contributed by atoms with Gasteiger partial charge in [0, 0.05) is 0 Å². The number of rotatable bonds is 5. The van der Waals surface area contributed by atoms with Crippen molar-refractivity contribution >= 4 is 0 Å². The van der Waals surface area contributed by atoms with E-state index in [1.165, 1.54) is 0 Å². The summed E-state index contributed by atoms with van der Waals surface area (Å²) < 4.78 is 0. The fourth-order valence-electron chi connectivity index (χ4n) is 0.912. The second-order valence-corrected chi connectivity index (χ2v) is 3.18. The Kier molecular flexibility index (Phi) is 5.13. The maximum atomic E-state index is 8.96. The van der Waals surface area contributed by atoms with E-state index in [0.29, 0.717) is 0 Å². The van der Waals surface area contributed by atoms with Gasteiger partial charge in [-0.1, -0.05) is 18.6 Å². The highest BCUT2D eigenvalue weighted by atomic mass is 16.3. The Morgan fingerprint density at radius 3 is 1.83 bits per heavy atom. The van der Waals surface area contributed by atoms with Gasteiger partial charge in [0.1, 0.15) is 0 Å². The van der Waals surface area contributed by atoms with Crippen molar-refractivity contribution in [3.8, 4) is 0 Å². The molecule has 0 saturated heterocycles. The zero-order chi connectivity index (χ0) is 9.61. The molecule has 12 heavy (non-hydrogen) atoms. The van der Waals surface area contributed by atoms with E-state index in [1.54, 1.807) is 6.08 Å². The summed E-state index contributed by atoms with van der Waals surface area (Å²) >= 11 is 0. The zero-order valence-corrected chi connectivity index (χ0v) is 7.75. The molecule has 0 saturated carbocycles. The van der Waals surface area contributed by atoms with Crippen molar-refractivity contribution in [1.82, 2.24) is 0 Å². The lowest BCUT2D eigenvalue weighted by Crippen LogP contribution is -2.32.